The molecule has 1 heterocycles. The molecule has 9 heteroatoms. The second-order valence-electron chi connectivity index (χ2n) is 7.08. The zero-order valence-corrected chi connectivity index (χ0v) is 16.1. The van der Waals surface area contributed by atoms with Crippen LogP contribution in [0.1, 0.15) is 44.0 Å². The van der Waals surface area contributed by atoms with E-state index in [9.17, 15) is 19.7 Å². The lowest BCUT2D eigenvalue weighted by Gasteiger charge is -2.29. The molecule has 0 radical (unpaired) electrons. The molecule has 1 aromatic carbocycles. The molecular weight excluding hydrogens is 354 g/mol. The Morgan fingerprint density at radius 2 is 1.89 bits per heavy atom. The van der Waals surface area contributed by atoms with Crippen molar-refractivity contribution in [2.24, 2.45) is 5.73 Å². The smallest absolute Gasteiger partial charge is 0.282 e. The highest BCUT2D eigenvalue weighted by atomic mass is 16.6. The molecule has 0 spiro atoms. The Bertz CT molecular complexity index is 664. The molecule has 0 aliphatic carbocycles. The molecule has 0 saturated carbocycles. The lowest BCUT2D eigenvalue weighted by atomic mass is 10.1. The average molecular weight is 381 g/mol. The quantitative estimate of drug-likeness (QED) is 0.473. The molecule has 1 aromatic rings. The minimum Gasteiger partial charge on any atom is -0.490 e. The number of nitro groups is 1. The molecule has 2 N–H and O–H groups in total. The zero-order chi connectivity index (χ0) is 20.6. The number of rotatable bonds is 5. The number of amides is 2. The van der Waals surface area contributed by atoms with E-state index in [-0.39, 0.29) is 23.0 Å². The van der Waals surface area contributed by atoms with E-state index in [4.69, 9.17) is 15.2 Å². The molecule has 9 nitrogen and oxygen atoms in total. The molecule has 0 atom stereocenters. The number of primary amides is 1. The first kappa shape index (κ1) is 22.4. The Kier molecular flexibility index (Phi) is 8.17. The van der Waals surface area contributed by atoms with Crippen molar-refractivity contribution in [1.82, 2.24) is 4.90 Å². The van der Waals surface area contributed by atoms with Crippen LogP contribution in [0, 0.1) is 10.1 Å². The molecule has 150 valence electrons. The number of nitrogens with two attached hydrogens (primary N) is 1. The van der Waals surface area contributed by atoms with Crippen molar-refractivity contribution in [3.63, 3.8) is 0 Å². The summed E-state index contributed by atoms with van der Waals surface area (Å²) in [5.41, 5.74) is 4.67. The summed E-state index contributed by atoms with van der Waals surface area (Å²) in [5, 5.41) is 10.8. The fraction of sp³-hybridized carbons (Fsp3) is 0.556. The first-order valence-corrected chi connectivity index (χ1v) is 8.56. The zero-order valence-electron chi connectivity index (χ0n) is 16.1. The van der Waals surface area contributed by atoms with E-state index in [0.29, 0.717) is 31.7 Å². The molecule has 0 aromatic heterocycles. The summed E-state index contributed by atoms with van der Waals surface area (Å²) in [6.07, 6.45) is 2.04. The van der Waals surface area contributed by atoms with Crippen LogP contribution in [0.3, 0.4) is 0 Å². The predicted molar refractivity (Wildman–Crippen MR) is 99.7 cm³/mol. The highest BCUT2D eigenvalue weighted by molar-refractivity contribution is 5.97. The van der Waals surface area contributed by atoms with Gasteiger partial charge in [-0.2, -0.15) is 0 Å². The van der Waals surface area contributed by atoms with Gasteiger partial charge in [0.05, 0.1) is 10.5 Å². The normalized spacial score (nSPS) is 14.7. The van der Waals surface area contributed by atoms with E-state index >= 15 is 0 Å². The summed E-state index contributed by atoms with van der Waals surface area (Å²) in [5.74, 6) is -0.512. The van der Waals surface area contributed by atoms with Crippen molar-refractivity contribution in [3.8, 4) is 5.75 Å². The fourth-order valence-corrected chi connectivity index (χ4v) is 2.24. The second kappa shape index (κ2) is 9.86. The van der Waals surface area contributed by atoms with Crippen LogP contribution in [-0.2, 0) is 9.53 Å². The van der Waals surface area contributed by atoms with Gasteiger partial charge in [-0.1, -0.05) is 0 Å². The third kappa shape index (κ3) is 7.61. The van der Waals surface area contributed by atoms with Crippen LogP contribution in [0.15, 0.2) is 18.2 Å². The van der Waals surface area contributed by atoms with Gasteiger partial charge < -0.3 is 20.1 Å². The van der Waals surface area contributed by atoms with Crippen molar-refractivity contribution in [3.05, 3.63) is 33.9 Å². The topological polar surface area (TPSA) is 125 Å². The van der Waals surface area contributed by atoms with Gasteiger partial charge in [0.1, 0.15) is 17.4 Å². The number of benzene rings is 1. The van der Waals surface area contributed by atoms with Crippen LogP contribution in [0.5, 0.6) is 5.75 Å². The number of nitrogens with zero attached hydrogens (tertiary/aromatic N) is 2. The number of carbonyl (C=O) groups is 2. The van der Waals surface area contributed by atoms with Crippen molar-refractivity contribution in [2.75, 3.05) is 20.2 Å². The SMILES string of the molecule is COC(C)(C)C.NC(=O)c1cc(OC2CCN(C=O)CC2)ccc1[N+](=O)[O-]. The second-order valence-corrected chi connectivity index (χ2v) is 7.08. The Balaban J connectivity index is 0.000000527. The third-order valence-corrected chi connectivity index (χ3v) is 3.97. The van der Waals surface area contributed by atoms with E-state index < -0.39 is 10.8 Å². The van der Waals surface area contributed by atoms with Gasteiger partial charge in [-0.05, 0) is 32.9 Å². The standard InChI is InChI=1S/C13H15N3O5.C5H12O/c14-13(18)11-7-10(1-2-12(11)16(19)20)21-9-3-5-15(8-17)6-4-9;1-5(2,3)6-4/h1-2,7-9H,3-6H2,(H2,14,18);1-4H3. The number of hydrogen-bond donors (Lipinski definition) is 1. The van der Waals surface area contributed by atoms with Crippen molar-refractivity contribution < 1.29 is 24.0 Å². The summed E-state index contributed by atoms with van der Waals surface area (Å²) in [7, 11) is 1.71. The van der Waals surface area contributed by atoms with Gasteiger partial charge in [0.15, 0.2) is 0 Å². The summed E-state index contributed by atoms with van der Waals surface area (Å²) in [6.45, 7) is 7.26. The van der Waals surface area contributed by atoms with E-state index in [0.717, 1.165) is 6.41 Å². The molecule has 2 rings (SSSR count). The van der Waals surface area contributed by atoms with Crippen LogP contribution in [0.2, 0.25) is 0 Å². The molecule has 1 saturated heterocycles. The summed E-state index contributed by atoms with van der Waals surface area (Å²) in [6, 6.07) is 3.93. The van der Waals surface area contributed by atoms with Gasteiger partial charge in [0.2, 0.25) is 6.41 Å². The van der Waals surface area contributed by atoms with Crippen LogP contribution in [-0.4, -0.2) is 54.0 Å². The van der Waals surface area contributed by atoms with Gasteiger partial charge in [-0.25, -0.2) is 0 Å². The lowest BCUT2D eigenvalue weighted by molar-refractivity contribution is -0.385. The molecule has 27 heavy (non-hydrogen) atoms. The molecule has 2 amide bonds. The van der Waals surface area contributed by atoms with Crippen LogP contribution in [0.4, 0.5) is 5.69 Å². The predicted octanol–water partition coefficient (Wildman–Crippen LogP) is 2.12. The lowest BCUT2D eigenvalue weighted by Crippen LogP contribution is -2.37. The minimum atomic E-state index is -0.872. The summed E-state index contributed by atoms with van der Waals surface area (Å²) in [4.78, 5) is 33.7. The number of ether oxygens (including phenoxy) is 2. The van der Waals surface area contributed by atoms with E-state index in [1.807, 2.05) is 20.8 Å². The maximum Gasteiger partial charge on any atom is 0.282 e. The highest BCUT2D eigenvalue weighted by Gasteiger charge is 2.22. The third-order valence-electron chi connectivity index (χ3n) is 3.97. The number of carbonyl (C=O) groups excluding carboxylic acids is 2. The van der Waals surface area contributed by atoms with Gasteiger partial charge in [0.25, 0.3) is 11.6 Å². The van der Waals surface area contributed by atoms with Crippen LogP contribution in [0.25, 0.3) is 0 Å². The monoisotopic (exact) mass is 381 g/mol. The molecular formula is C18H27N3O6. The van der Waals surface area contributed by atoms with Crippen molar-refractivity contribution in [2.45, 2.75) is 45.3 Å². The maximum atomic E-state index is 11.3. The van der Waals surface area contributed by atoms with E-state index in [1.165, 1.54) is 18.2 Å². The van der Waals surface area contributed by atoms with E-state index in [1.54, 1.807) is 12.0 Å². The Morgan fingerprint density at radius 1 is 1.33 bits per heavy atom. The Labute approximate surface area is 158 Å². The number of hydrogen-bond acceptors (Lipinski definition) is 6. The number of piperidine rings is 1. The molecule has 1 aliphatic heterocycles. The van der Waals surface area contributed by atoms with Gasteiger partial charge in [-0.15, -0.1) is 0 Å². The van der Waals surface area contributed by atoms with Crippen molar-refractivity contribution >= 4 is 18.0 Å². The average Bonchev–Trinajstić information content (AvgIpc) is 2.62. The van der Waals surface area contributed by atoms with Crippen molar-refractivity contribution in [1.29, 1.82) is 0 Å². The molecule has 1 aliphatic rings. The number of likely N-dealkylation sites (tertiary alicyclic amines) is 1. The van der Waals surface area contributed by atoms with Crippen LogP contribution >= 0.6 is 0 Å². The van der Waals surface area contributed by atoms with E-state index in [2.05, 4.69) is 0 Å². The molecule has 0 unspecified atom stereocenters. The first-order valence-electron chi connectivity index (χ1n) is 8.56. The highest BCUT2D eigenvalue weighted by Crippen LogP contribution is 2.26. The fourth-order valence-electron chi connectivity index (χ4n) is 2.24. The molecule has 0 bridgehead atoms. The largest absolute Gasteiger partial charge is 0.490 e. The van der Waals surface area contributed by atoms with Gasteiger partial charge >= 0.3 is 0 Å². The van der Waals surface area contributed by atoms with Gasteiger partial charge in [-0.3, -0.25) is 19.7 Å². The Hall–Kier alpha value is -2.68. The maximum absolute atomic E-state index is 11.3. The van der Waals surface area contributed by atoms with Gasteiger partial charge in [0, 0.05) is 39.1 Å². The summed E-state index contributed by atoms with van der Waals surface area (Å²) >= 11 is 0. The Morgan fingerprint density at radius 3 is 2.30 bits per heavy atom. The number of methoxy groups -OCH3 is 1. The first-order chi connectivity index (χ1) is 12.6. The number of nitro benzene ring substituents is 1. The van der Waals surface area contributed by atoms with Crippen LogP contribution < -0.4 is 10.5 Å². The molecule has 1 fully saturated rings. The summed E-state index contributed by atoms with van der Waals surface area (Å²) < 4.78 is 10.6. The minimum absolute atomic E-state index is 0.0417.